The van der Waals surface area contributed by atoms with E-state index in [9.17, 15) is 22.8 Å². The molecule has 6 nitrogen and oxygen atoms in total. The standard InChI is InChI=1S/C17H15Cl2F3N4O2/c1-9(27)25-11-2-3-14(12(18)7-11)26-15(28)4-5-23-16-13(19)6-10(8-24-16)17(20,21)22/h2-3,6-8H,4-5H2,1H3,(H,23,24)(H,25,27)(H,26,28). The van der Waals surface area contributed by atoms with Crippen LogP contribution in [0.5, 0.6) is 0 Å². The van der Waals surface area contributed by atoms with Crippen LogP contribution < -0.4 is 16.0 Å². The van der Waals surface area contributed by atoms with Crippen LogP contribution in [0.2, 0.25) is 10.0 Å². The van der Waals surface area contributed by atoms with Crippen molar-refractivity contribution in [3.05, 3.63) is 46.1 Å². The molecule has 0 bridgehead atoms. The highest BCUT2D eigenvalue weighted by molar-refractivity contribution is 6.34. The van der Waals surface area contributed by atoms with E-state index in [1.54, 1.807) is 6.07 Å². The lowest BCUT2D eigenvalue weighted by Crippen LogP contribution is -2.17. The van der Waals surface area contributed by atoms with Crippen LogP contribution >= 0.6 is 23.2 Å². The van der Waals surface area contributed by atoms with Crippen LogP contribution in [-0.4, -0.2) is 23.3 Å². The number of hydrogen-bond acceptors (Lipinski definition) is 4. The molecule has 0 saturated heterocycles. The number of carbonyl (C=O) groups is 2. The molecule has 0 spiro atoms. The van der Waals surface area contributed by atoms with E-state index in [0.29, 0.717) is 17.6 Å². The zero-order chi connectivity index (χ0) is 20.9. The summed E-state index contributed by atoms with van der Waals surface area (Å²) in [7, 11) is 0. The van der Waals surface area contributed by atoms with Crippen molar-refractivity contribution in [2.45, 2.75) is 19.5 Å². The van der Waals surface area contributed by atoms with E-state index in [4.69, 9.17) is 23.2 Å². The number of pyridine rings is 1. The van der Waals surface area contributed by atoms with Crippen LogP contribution in [0.3, 0.4) is 0 Å². The van der Waals surface area contributed by atoms with Crippen LogP contribution in [0.4, 0.5) is 30.4 Å². The first-order chi connectivity index (χ1) is 13.1. The van der Waals surface area contributed by atoms with Gasteiger partial charge in [-0.05, 0) is 24.3 Å². The molecule has 2 amide bonds. The van der Waals surface area contributed by atoms with Gasteiger partial charge >= 0.3 is 6.18 Å². The summed E-state index contributed by atoms with van der Waals surface area (Å²) in [5, 5.41) is 7.89. The van der Waals surface area contributed by atoms with Crippen molar-refractivity contribution in [1.82, 2.24) is 4.98 Å². The molecule has 0 fully saturated rings. The summed E-state index contributed by atoms with van der Waals surface area (Å²) in [6, 6.07) is 5.36. The van der Waals surface area contributed by atoms with Crippen molar-refractivity contribution < 1.29 is 22.8 Å². The summed E-state index contributed by atoms with van der Waals surface area (Å²) < 4.78 is 37.7. The predicted octanol–water partition coefficient (Wildman–Crippen LogP) is 4.81. The van der Waals surface area contributed by atoms with Gasteiger partial charge in [-0.1, -0.05) is 23.2 Å². The van der Waals surface area contributed by atoms with E-state index in [2.05, 4.69) is 20.9 Å². The largest absolute Gasteiger partial charge is 0.417 e. The zero-order valence-electron chi connectivity index (χ0n) is 14.5. The van der Waals surface area contributed by atoms with Gasteiger partial charge in [0.15, 0.2) is 0 Å². The molecule has 0 saturated carbocycles. The molecule has 3 N–H and O–H groups in total. The van der Waals surface area contributed by atoms with Crippen LogP contribution in [0, 0.1) is 0 Å². The van der Waals surface area contributed by atoms with Crippen molar-refractivity contribution in [2.75, 3.05) is 22.5 Å². The van der Waals surface area contributed by atoms with Gasteiger partial charge in [0.2, 0.25) is 11.8 Å². The Morgan fingerprint density at radius 1 is 1.11 bits per heavy atom. The maximum Gasteiger partial charge on any atom is 0.417 e. The van der Waals surface area contributed by atoms with Crippen LogP contribution in [0.1, 0.15) is 18.9 Å². The SMILES string of the molecule is CC(=O)Nc1ccc(NC(=O)CCNc2ncc(C(F)(F)F)cc2Cl)c(Cl)c1. The number of halogens is 5. The number of rotatable bonds is 6. The Hall–Kier alpha value is -2.52. The summed E-state index contributed by atoms with van der Waals surface area (Å²) in [5.74, 6) is -0.598. The zero-order valence-corrected chi connectivity index (χ0v) is 16.0. The minimum Gasteiger partial charge on any atom is -0.368 e. The molecule has 11 heteroatoms. The predicted molar refractivity (Wildman–Crippen MR) is 102 cm³/mol. The Labute approximate surface area is 168 Å². The number of benzene rings is 1. The second-order valence-electron chi connectivity index (χ2n) is 5.65. The Balaban J connectivity index is 1.89. The van der Waals surface area contributed by atoms with Crippen LogP contribution in [-0.2, 0) is 15.8 Å². The fourth-order valence-corrected chi connectivity index (χ4v) is 2.59. The number of alkyl halides is 3. The third-order valence-corrected chi connectivity index (χ3v) is 3.98. The summed E-state index contributed by atoms with van der Waals surface area (Å²) >= 11 is 11.8. The van der Waals surface area contributed by atoms with Crippen molar-refractivity contribution in [3.63, 3.8) is 0 Å². The van der Waals surface area contributed by atoms with E-state index in [-0.39, 0.29) is 40.6 Å². The van der Waals surface area contributed by atoms with Crippen molar-refractivity contribution >= 4 is 52.2 Å². The van der Waals surface area contributed by atoms with Gasteiger partial charge in [-0.15, -0.1) is 0 Å². The molecule has 0 atom stereocenters. The Morgan fingerprint density at radius 2 is 1.82 bits per heavy atom. The van der Waals surface area contributed by atoms with Crippen LogP contribution in [0.25, 0.3) is 0 Å². The highest BCUT2D eigenvalue weighted by Gasteiger charge is 2.31. The van der Waals surface area contributed by atoms with Gasteiger partial charge in [-0.3, -0.25) is 9.59 Å². The van der Waals surface area contributed by atoms with E-state index in [0.717, 1.165) is 6.07 Å². The first kappa shape index (κ1) is 21.8. The average Bonchev–Trinajstić information content (AvgIpc) is 2.57. The molecule has 0 aliphatic carbocycles. The molecule has 0 aliphatic rings. The van der Waals surface area contributed by atoms with Gasteiger partial charge in [-0.2, -0.15) is 13.2 Å². The number of anilines is 3. The van der Waals surface area contributed by atoms with Gasteiger partial charge in [0.25, 0.3) is 0 Å². The fraction of sp³-hybridized carbons (Fsp3) is 0.235. The van der Waals surface area contributed by atoms with Gasteiger partial charge in [0.05, 0.1) is 21.3 Å². The van der Waals surface area contributed by atoms with Gasteiger partial charge in [0.1, 0.15) is 5.82 Å². The minimum atomic E-state index is -4.54. The number of nitrogens with one attached hydrogen (secondary N) is 3. The molecule has 150 valence electrons. The molecule has 2 rings (SSSR count). The molecule has 0 aliphatic heterocycles. The third-order valence-electron chi connectivity index (χ3n) is 3.38. The molecule has 1 aromatic carbocycles. The first-order valence-corrected chi connectivity index (χ1v) is 8.65. The van der Waals surface area contributed by atoms with Crippen LogP contribution in [0.15, 0.2) is 30.5 Å². The van der Waals surface area contributed by atoms with E-state index < -0.39 is 11.7 Å². The number of carbonyl (C=O) groups excluding carboxylic acids is 2. The Bertz CT molecular complexity index is 891. The average molecular weight is 435 g/mol. The Morgan fingerprint density at radius 3 is 2.39 bits per heavy atom. The Kier molecular flexibility index (Phi) is 7.09. The highest BCUT2D eigenvalue weighted by Crippen LogP contribution is 2.32. The molecular weight excluding hydrogens is 420 g/mol. The normalized spacial score (nSPS) is 11.1. The molecule has 1 aromatic heterocycles. The van der Waals surface area contributed by atoms with E-state index >= 15 is 0 Å². The summed E-state index contributed by atoms with van der Waals surface area (Å²) in [5.41, 5.74) is -0.121. The maximum atomic E-state index is 12.6. The van der Waals surface area contributed by atoms with E-state index in [1.165, 1.54) is 19.1 Å². The summed E-state index contributed by atoms with van der Waals surface area (Å²) in [6.45, 7) is 1.44. The number of nitrogens with zero attached hydrogens (tertiary/aromatic N) is 1. The van der Waals surface area contributed by atoms with Gasteiger partial charge in [0, 0.05) is 31.8 Å². The number of hydrogen-bond donors (Lipinski definition) is 3. The van der Waals surface area contributed by atoms with Crippen molar-refractivity contribution in [2.24, 2.45) is 0 Å². The molecule has 0 radical (unpaired) electrons. The number of amides is 2. The minimum absolute atomic E-state index is 0.0111. The smallest absolute Gasteiger partial charge is 0.368 e. The molecular formula is C17H15Cl2F3N4O2. The summed E-state index contributed by atoms with van der Waals surface area (Å²) in [4.78, 5) is 26.6. The third kappa shape index (κ3) is 6.28. The second kappa shape index (κ2) is 9.11. The lowest BCUT2D eigenvalue weighted by molar-refractivity contribution is -0.137. The van der Waals surface area contributed by atoms with Gasteiger partial charge in [-0.25, -0.2) is 4.98 Å². The first-order valence-electron chi connectivity index (χ1n) is 7.90. The number of aromatic nitrogens is 1. The lowest BCUT2D eigenvalue weighted by Gasteiger charge is -2.12. The molecule has 0 unspecified atom stereocenters. The molecule has 1 heterocycles. The van der Waals surface area contributed by atoms with Gasteiger partial charge < -0.3 is 16.0 Å². The van der Waals surface area contributed by atoms with Crippen molar-refractivity contribution in [1.29, 1.82) is 0 Å². The highest BCUT2D eigenvalue weighted by atomic mass is 35.5. The summed E-state index contributed by atoms with van der Waals surface area (Å²) in [6.07, 6.45) is -3.89. The fourth-order valence-electron chi connectivity index (χ4n) is 2.13. The molecule has 2 aromatic rings. The van der Waals surface area contributed by atoms with Crippen molar-refractivity contribution in [3.8, 4) is 0 Å². The van der Waals surface area contributed by atoms with E-state index in [1.807, 2.05) is 0 Å². The second-order valence-corrected chi connectivity index (χ2v) is 6.47. The topological polar surface area (TPSA) is 83.1 Å². The quantitative estimate of drug-likeness (QED) is 0.609. The monoisotopic (exact) mass is 434 g/mol. The molecule has 28 heavy (non-hydrogen) atoms. The lowest BCUT2D eigenvalue weighted by atomic mass is 10.2. The maximum absolute atomic E-state index is 12.6.